The van der Waals surface area contributed by atoms with Crippen molar-refractivity contribution in [2.45, 2.75) is 51.4 Å². The number of amides is 2. The Bertz CT molecular complexity index is 566. The number of likely N-dealkylation sites (tertiary alicyclic amines) is 1. The minimum Gasteiger partial charge on any atom is -0.466 e. The topological polar surface area (TPSA) is 62.6 Å². The normalized spacial score (nSPS) is 23.3. The van der Waals surface area contributed by atoms with Gasteiger partial charge in [-0.3, -0.25) is 9.59 Å². The molecule has 1 saturated carbocycles. The molecule has 126 valence electrons. The summed E-state index contributed by atoms with van der Waals surface area (Å²) in [6.45, 7) is 4.48. The summed E-state index contributed by atoms with van der Waals surface area (Å²) in [5.74, 6) is 3.59. The SMILES string of the molecule is C[C@@H]1C[C@H]1c1ccc(CCC(=O)NCCCN2CCCC2=O)o1. The molecule has 0 radical (unpaired) electrons. The molecule has 1 aliphatic heterocycles. The first-order valence-corrected chi connectivity index (χ1v) is 8.76. The molecule has 2 heterocycles. The van der Waals surface area contributed by atoms with Crippen molar-refractivity contribution in [1.82, 2.24) is 10.2 Å². The summed E-state index contributed by atoms with van der Waals surface area (Å²) in [6, 6.07) is 4.04. The van der Waals surface area contributed by atoms with Crippen LogP contribution in [0.3, 0.4) is 0 Å². The van der Waals surface area contributed by atoms with Crippen LogP contribution < -0.4 is 5.32 Å². The number of hydrogen-bond donors (Lipinski definition) is 1. The third-order valence-electron chi connectivity index (χ3n) is 4.85. The van der Waals surface area contributed by atoms with Crippen molar-refractivity contribution in [3.63, 3.8) is 0 Å². The van der Waals surface area contributed by atoms with E-state index in [-0.39, 0.29) is 11.8 Å². The van der Waals surface area contributed by atoms with E-state index in [0.717, 1.165) is 43.4 Å². The first kappa shape index (κ1) is 16.1. The Balaban J connectivity index is 1.29. The monoisotopic (exact) mass is 318 g/mol. The van der Waals surface area contributed by atoms with Crippen LogP contribution in [0.25, 0.3) is 0 Å². The van der Waals surface area contributed by atoms with E-state index in [1.807, 2.05) is 11.0 Å². The standard InChI is InChI=1S/C18H26N2O3/c1-13-12-15(13)16-7-5-14(23-16)6-8-17(21)19-9-3-11-20-10-2-4-18(20)22/h5,7,13,15H,2-4,6,8-12H2,1H3,(H,19,21)/t13-,15-/m1/s1. The summed E-state index contributed by atoms with van der Waals surface area (Å²) in [7, 11) is 0. The summed E-state index contributed by atoms with van der Waals surface area (Å²) in [4.78, 5) is 25.2. The van der Waals surface area contributed by atoms with Gasteiger partial charge in [-0.1, -0.05) is 6.92 Å². The molecule has 2 amide bonds. The van der Waals surface area contributed by atoms with E-state index >= 15 is 0 Å². The maximum atomic E-state index is 11.8. The van der Waals surface area contributed by atoms with Crippen LogP contribution in [0.5, 0.6) is 0 Å². The maximum absolute atomic E-state index is 11.8. The number of rotatable bonds is 8. The molecule has 2 fully saturated rings. The van der Waals surface area contributed by atoms with E-state index in [0.29, 0.717) is 31.7 Å². The molecule has 1 aromatic heterocycles. The number of nitrogens with one attached hydrogen (secondary N) is 1. The zero-order valence-corrected chi connectivity index (χ0v) is 13.8. The van der Waals surface area contributed by atoms with Gasteiger partial charge in [-0.05, 0) is 37.3 Å². The Morgan fingerprint density at radius 1 is 1.43 bits per heavy atom. The lowest BCUT2D eigenvalue weighted by molar-refractivity contribution is -0.127. The lowest BCUT2D eigenvalue weighted by atomic mass is 10.2. The van der Waals surface area contributed by atoms with Gasteiger partial charge in [0.2, 0.25) is 11.8 Å². The van der Waals surface area contributed by atoms with Gasteiger partial charge >= 0.3 is 0 Å². The summed E-state index contributed by atoms with van der Waals surface area (Å²) < 4.78 is 5.81. The summed E-state index contributed by atoms with van der Waals surface area (Å²) in [6.07, 6.45) is 4.79. The van der Waals surface area contributed by atoms with Crippen molar-refractivity contribution >= 4 is 11.8 Å². The van der Waals surface area contributed by atoms with Crippen molar-refractivity contribution in [1.29, 1.82) is 0 Å². The van der Waals surface area contributed by atoms with Gasteiger partial charge in [0.1, 0.15) is 11.5 Å². The average molecular weight is 318 g/mol. The van der Waals surface area contributed by atoms with E-state index in [4.69, 9.17) is 4.42 Å². The first-order valence-electron chi connectivity index (χ1n) is 8.76. The first-order chi connectivity index (χ1) is 11.1. The van der Waals surface area contributed by atoms with Crippen molar-refractivity contribution in [3.8, 4) is 0 Å². The van der Waals surface area contributed by atoms with Crippen molar-refractivity contribution in [2.24, 2.45) is 5.92 Å². The molecular weight excluding hydrogens is 292 g/mol. The van der Waals surface area contributed by atoms with Crippen molar-refractivity contribution in [3.05, 3.63) is 23.7 Å². The zero-order valence-electron chi connectivity index (χ0n) is 13.8. The molecule has 1 N–H and O–H groups in total. The highest BCUT2D eigenvalue weighted by Crippen LogP contribution is 2.47. The quantitative estimate of drug-likeness (QED) is 0.749. The van der Waals surface area contributed by atoms with Gasteiger partial charge in [-0.25, -0.2) is 0 Å². The molecule has 1 aliphatic carbocycles. The molecular formula is C18H26N2O3. The van der Waals surface area contributed by atoms with E-state index in [1.54, 1.807) is 0 Å². The van der Waals surface area contributed by atoms with Crippen LogP contribution >= 0.6 is 0 Å². The van der Waals surface area contributed by atoms with Crippen molar-refractivity contribution in [2.75, 3.05) is 19.6 Å². The van der Waals surface area contributed by atoms with Crippen LogP contribution in [-0.4, -0.2) is 36.3 Å². The second-order valence-electron chi connectivity index (χ2n) is 6.81. The predicted molar refractivity (Wildman–Crippen MR) is 87.0 cm³/mol. The summed E-state index contributed by atoms with van der Waals surface area (Å²) in [5.41, 5.74) is 0. The van der Waals surface area contributed by atoms with Crippen molar-refractivity contribution < 1.29 is 14.0 Å². The van der Waals surface area contributed by atoms with Gasteiger partial charge in [-0.15, -0.1) is 0 Å². The minimum absolute atomic E-state index is 0.0514. The highest BCUT2D eigenvalue weighted by atomic mass is 16.3. The van der Waals surface area contributed by atoms with Crippen LogP contribution in [0.4, 0.5) is 0 Å². The van der Waals surface area contributed by atoms with E-state index < -0.39 is 0 Å². The second kappa shape index (κ2) is 7.20. The number of nitrogens with zero attached hydrogens (tertiary/aromatic N) is 1. The Hall–Kier alpha value is -1.78. The largest absolute Gasteiger partial charge is 0.466 e. The number of aryl methyl sites for hydroxylation is 1. The molecule has 23 heavy (non-hydrogen) atoms. The molecule has 5 nitrogen and oxygen atoms in total. The molecule has 1 aromatic rings. The van der Waals surface area contributed by atoms with Crippen LogP contribution in [-0.2, 0) is 16.0 Å². The number of hydrogen-bond acceptors (Lipinski definition) is 3. The van der Waals surface area contributed by atoms with Crippen LogP contribution in [0.1, 0.15) is 56.5 Å². The predicted octanol–water partition coefficient (Wildman–Crippen LogP) is 2.46. The summed E-state index contributed by atoms with van der Waals surface area (Å²) in [5, 5.41) is 2.92. The molecule has 0 spiro atoms. The van der Waals surface area contributed by atoms with Crippen LogP contribution in [0, 0.1) is 5.92 Å². The molecule has 1 saturated heterocycles. The molecule has 2 atom stereocenters. The molecule has 0 aromatic carbocycles. The smallest absolute Gasteiger partial charge is 0.222 e. The van der Waals surface area contributed by atoms with Gasteiger partial charge in [0.05, 0.1) is 0 Å². The lowest BCUT2D eigenvalue weighted by Gasteiger charge is -2.15. The highest BCUT2D eigenvalue weighted by Gasteiger charge is 2.36. The third-order valence-corrected chi connectivity index (χ3v) is 4.85. The van der Waals surface area contributed by atoms with Gasteiger partial charge in [0.15, 0.2) is 0 Å². The zero-order chi connectivity index (χ0) is 16.2. The Kier molecular flexibility index (Phi) is 5.03. The molecule has 0 bridgehead atoms. The van der Waals surface area contributed by atoms with Gasteiger partial charge in [-0.2, -0.15) is 0 Å². The molecule has 2 aliphatic rings. The molecule has 3 rings (SSSR count). The fourth-order valence-corrected chi connectivity index (χ4v) is 3.21. The number of carbonyl (C=O) groups is 2. The van der Waals surface area contributed by atoms with E-state index in [1.165, 1.54) is 6.42 Å². The highest BCUT2D eigenvalue weighted by molar-refractivity contribution is 5.78. The van der Waals surface area contributed by atoms with Gasteiger partial charge in [0, 0.05) is 44.8 Å². The third kappa shape index (κ3) is 4.36. The van der Waals surface area contributed by atoms with Crippen LogP contribution in [0.15, 0.2) is 16.5 Å². The fourth-order valence-electron chi connectivity index (χ4n) is 3.21. The van der Waals surface area contributed by atoms with E-state index in [2.05, 4.69) is 18.3 Å². The second-order valence-corrected chi connectivity index (χ2v) is 6.81. The number of furan rings is 1. The lowest BCUT2D eigenvalue weighted by Crippen LogP contribution is -2.30. The summed E-state index contributed by atoms with van der Waals surface area (Å²) >= 11 is 0. The Morgan fingerprint density at radius 2 is 2.26 bits per heavy atom. The number of carbonyl (C=O) groups excluding carboxylic acids is 2. The Labute approximate surface area is 137 Å². The van der Waals surface area contributed by atoms with Crippen LogP contribution in [0.2, 0.25) is 0 Å². The Morgan fingerprint density at radius 3 is 2.96 bits per heavy atom. The fraction of sp³-hybridized carbons (Fsp3) is 0.667. The van der Waals surface area contributed by atoms with E-state index in [9.17, 15) is 9.59 Å². The molecule has 5 heteroatoms. The maximum Gasteiger partial charge on any atom is 0.222 e. The van der Waals surface area contributed by atoms with Gasteiger partial charge < -0.3 is 14.6 Å². The molecule has 0 unspecified atom stereocenters. The van der Waals surface area contributed by atoms with Gasteiger partial charge in [0.25, 0.3) is 0 Å². The minimum atomic E-state index is 0.0514. The average Bonchev–Trinajstić information content (AvgIpc) is 2.93.